The second kappa shape index (κ2) is 5.89. The molecule has 0 amide bonds. The van der Waals surface area contributed by atoms with Crippen LogP contribution in [0.2, 0.25) is 0 Å². The van der Waals surface area contributed by atoms with E-state index in [0.717, 1.165) is 3.57 Å². The van der Waals surface area contributed by atoms with E-state index >= 15 is 0 Å². The zero-order valence-corrected chi connectivity index (χ0v) is 11.1. The summed E-state index contributed by atoms with van der Waals surface area (Å²) < 4.78 is 29.7. The van der Waals surface area contributed by atoms with Crippen molar-refractivity contribution in [3.05, 3.63) is 40.2 Å². The predicted octanol–water partition coefficient (Wildman–Crippen LogP) is 3.43. The Morgan fingerprint density at radius 1 is 1.17 bits per heavy atom. The van der Waals surface area contributed by atoms with Crippen LogP contribution in [0.3, 0.4) is 0 Å². The van der Waals surface area contributed by atoms with Gasteiger partial charge in [0, 0.05) is 16.0 Å². The van der Waals surface area contributed by atoms with Crippen LogP contribution >= 0.6 is 22.6 Å². The number of para-hydroxylation sites is 2. The van der Waals surface area contributed by atoms with E-state index in [1.807, 2.05) is 0 Å². The number of rotatable bonds is 4. The van der Waals surface area contributed by atoms with E-state index in [-0.39, 0.29) is 5.75 Å². The molecule has 1 aromatic heterocycles. The zero-order chi connectivity index (χ0) is 13.0. The molecule has 0 fully saturated rings. The van der Waals surface area contributed by atoms with Gasteiger partial charge in [-0.15, -0.1) is 0 Å². The lowest BCUT2D eigenvalue weighted by Gasteiger charge is -2.11. The molecule has 0 saturated carbocycles. The maximum atomic E-state index is 12.2. The molecule has 1 N–H and O–H groups in total. The molecule has 1 heterocycles. The van der Waals surface area contributed by atoms with Gasteiger partial charge in [0.25, 0.3) is 0 Å². The average molecular weight is 363 g/mol. The second-order valence-corrected chi connectivity index (χ2v) is 4.47. The number of halogens is 3. The molecule has 7 heteroatoms. The van der Waals surface area contributed by atoms with Crippen molar-refractivity contribution in [2.75, 3.05) is 5.32 Å². The van der Waals surface area contributed by atoms with Crippen molar-refractivity contribution >= 4 is 34.2 Å². The molecule has 94 valence electrons. The topological polar surface area (TPSA) is 47.0 Å². The van der Waals surface area contributed by atoms with Crippen LogP contribution in [0, 0.1) is 3.57 Å². The molecule has 18 heavy (non-hydrogen) atoms. The third-order valence-corrected chi connectivity index (χ3v) is 2.53. The van der Waals surface area contributed by atoms with E-state index in [1.165, 1.54) is 6.07 Å². The largest absolute Gasteiger partial charge is 0.433 e. The third kappa shape index (κ3) is 3.49. The second-order valence-electron chi connectivity index (χ2n) is 3.22. The maximum Gasteiger partial charge on any atom is 0.387 e. The Balaban J connectivity index is 2.20. The lowest BCUT2D eigenvalue weighted by atomic mass is 10.3. The first-order valence-corrected chi connectivity index (χ1v) is 6.01. The van der Waals surface area contributed by atoms with Crippen molar-refractivity contribution in [1.29, 1.82) is 0 Å². The number of nitrogens with one attached hydrogen (secondary N) is 1. The average Bonchev–Trinajstić information content (AvgIpc) is 2.34. The van der Waals surface area contributed by atoms with Crippen LogP contribution in [-0.2, 0) is 0 Å². The Morgan fingerprint density at radius 3 is 2.50 bits per heavy atom. The lowest BCUT2D eigenvalue weighted by Crippen LogP contribution is -2.05. The van der Waals surface area contributed by atoms with Crippen LogP contribution in [0.25, 0.3) is 0 Å². The minimum absolute atomic E-state index is 0.0506. The van der Waals surface area contributed by atoms with Crippen LogP contribution in [0.15, 0.2) is 36.7 Å². The fourth-order valence-corrected chi connectivity index (χ4v) is 1.54. The summed E-state index contributed by atoms with van der Waals surface area (Å²) in [5.74, 6) is 0.371. The molecular formula is C11H8F2IN3O. The minimum atomic E-state index is -2.87. The fraction of sp³-hybridized carbons (Fsp3) is 0.0909. The highest BCUT2D eigenvalue weighted by Gasteiger charge is 2.09. The van der Waals surface area contributed by atoms with Crippen LogP contribution < -0.4 is 10.1 Å². The van der Waals surface area contributed by atoms with Gasteiger partial charge in [0.15, 0.2) is 0 Å². The SMILES string of the molecule is FC(F)Oc1ccccc1Nc1ncc(I)cn1. The Morgan fingerprint density at radius 2 is 1.83 bits per heavy atom. The number of benzene rings is 1. The molecule has 0 saturated heterocycles. The first kappa shape index (κ1) is 12.9. The molecular weight excluding hydrogens is 355 g/mol. The van der Waals surface area contributed by atoms with E-state index in [0.29, 0.717) is 11.6 Å². The highest BCUT2D eigenvalue weighted by molar-refractivity contribution is 14.1. The molecule has 0 atom stereocenters. The minimum Gasteiger partial charge on any atom is -0.433 e. The van der Waals surface area contributed by atoms with Gasteiger partial charge in [0.2, 0.25) is 5.95 Å². The smallest absolute Gasteiger partial charge is 0.387 e. The van der Waals surface area contributed by atoms with Gasteiger partial charge in [-0.3, -0.25) is 0 Å². The highest BCUT2D eigenvalue weighted by Crippen LogP contribution is 2.27. The number of aromatic nitrogens is 2. The first-order valence-electron chi connectivity index (χ1n) is 4.93. The predicted molar refractivity (Wildman–Crippen MR) is 71.1 cm³/mol. The van der Waals surface area contributed by atoms with Crippen molar-refractivity contribution in [2.45, 2.75) is 6.61 Å². The molecule has 0 radical (unpaired) electrons. The molecule has 0 aliphatic rings. The summed E-state index contributed by atoms with van der Waals surface area (Å²) in [7, 11) is 0. The maximum absolute atomic E-state index is 12.2. The van der Waals surface area contributed by atoms with Crippen molar-refractivity contribution in [2.24, 2.45) is 0 Å². The van der Waals surface area contributed by atoms with E-state index < -0.39 is 6.61 Å². The normalized spacial score (nSPS) is 10.4. The van der Waals surface area contributed by atoms with Crippen molar-refractivity contribution in [3.8, 4) is 5.75 Å². The summed E-state index contributed by atoms with van der Waals surface area (Å²) in [5, 5.41) is 2.82. The van der Waals surface area contributed by atoms with Gasteiger partial charge >= 0.3 is 6.61 Å². The molecule has 0 aliphatic carbocycles. The van der Waals surface area contributed by atoms with E-state index in [9.17, 15) is 8.78 Å². The molecule has 2 rings (SSSR count). The fourth-order valence-electron chi connectivity index (χ4n) is 1.27. The van der Waals surface area contributed by atoms with Gasteiger partial charge in [-0.25, -0.2) is 9.97 Å². The highest BCUT2D eigenvalue weighted by atomic mass is 127. The molecule has 0 unspecified atom stereocenters. The number of hydrogen-bond donors (Lipinski definition) is 1. The summed E-state index contributed by atoms with van der Waals surface area (Å²) in [4.78, 5) is 8.04. The third-order valence-electron chi connectivity index (χ3n) is 1.97. The van der Waals surface area contributed by atoms with Crippen LogP contribution in [-0.4, -0.2) is 16.6 Å². The Hall–Kier alpha value is -1.51. The van der Waals surface area contributed by atoms with Gasteiger partial charge in [-0.1, -0.05) is 12.1 Å². The summed E-state index contributed by atoms with van der Waals surface area (Å²) >= 11 is 2.07. The zero-order valence-electron chi connectivity index (χ0n) is 8.98. The van der Waals surface area contributed by atoms with Crippen molar-refractivity contribution < 1.29 is 13.5 Å². The number of anilines is 2. The van der Waals surface area contributed by atoms with Gasteiger partial charge in [0.1, 0.15) is 5.75 Å². The Bertz CT molecular complexity index is 522. The van der Waals surface area contributed by atoms with Gasteiger partial charge in [-0.2, -0.15) is 8.78 Å². The quantitative estimate of drug-likeness (QED) is 0.846. The summed E-state index contributed by atoms with van der Waals surface area (Å²) in [6.45, 7) is -2.87. The summed E-state index contributed by atoms with van der Waals surface area (Å²) in [5.41, 5.74) is 0.388. The number of ether oxygens (including phenoxy) is 1. The van der Waals surface area contributed by atoms with Crippen LogP contribution in [0.1, 0.15) is 0 Å². The standard InChI is InChI=1S/C11H8F2IN3O/c12-10(13)18-9-4-2-1-3-8(9)17-11-15-5-7(14)6-16-11/h1-6,10H,(H,15,16,17). The summed E-state index contributed by atoms with van der Waals surface area (Å²) in [6, 6.07) is 6.37. The number of nitrogens with zero attached hydrogens (tertiary/aromatic N) is 2. The van der Waals surface area contributed by atoms with Crippen LogP contribution in [0.5, 0.6) is 5.75 Å². The lowest BCUT2D eigenvalue weighted by molar-refractivity contribution is -0.0493. The number of hydrogen-bond acceptors (Lipinski definition) is 4. The molecule has 0 aliphatic heterocycles. The Labute approximate surface area is 116 Å². The number of alkyl halides is 2. The molecule has 2 aromatic rings. The van der Waals surface area contributed by atoms with Crippen molar-refractivity contribution in [1.82, 2.24) is 9.97 Å². The monoisotopic (exact) mass is 363 g/mol. The van der Waals surface area contributed by atoms with Gasteiger partial charge in [0.05, 0.1) is 5.69 Å². The summed E-state index contributed by atoms with van der Waals surface area (Å²) in [6.07, 6.45) is 3.24. The molecule has 1 aromatic carbocycles. The molecule has 0 bridgehead atoms. The molecule has 0 spiro atoms. The Kier molecular flexibility index (Phi) is 4.24. The first-order chi connectivity index (χ1) is 8.65. The van der Waals surface area contributed by atoms with Crippen LogP contribution in [0.4, 0.5) is 20.4 Å². The molecule has 4 nitrogen and oxygen atoms in total. The van der Waals surface area contributed by atoms with E-state index in [4.69, 9.17) is 0 Å². The van der Waals surface area contributed by atoms with Crippen molar-refractivity contribution in [3.63, 3.8) is 0 Å². The van der Waals surface area contributed by atoms with E-state index in [2.05, 4.69) is 42.6 Å². The van der Waals surface area contributed by atoms with Gasteiger partial charge in [-0.05, 0) is 34.7 Å². The van der Waals surface area contributed by atoms with Gasteiger partial charge < -0.3 is 10.1 Å². The van der Waals surface area contributed by atoms with E-state index in [1.54, 1.807) is 30.6 Å².